The molecule has 3 heterocycles. The van der Waals surface area contributed by atoms with Gasteiger partial charge in [0.1, 0.15) is 5.52 Å². The number of carbonyl (C=O) groups is 2. The van der Waals surface area contributed by atoms with E-state index in [1.807, 2.05) is 12.1 Å². The fourth-order valence-electron chi connectivity index (χ4n) is 4.66. The zero-order chi connectivity index (χ0) is 27.6. The minimum absolute atomic E-state index is 0.0843. The number of aromatic nitrogens is 1. The number of hydrogen-bond acceptors (Lipinski definition) is 8. The number of nitrogens with zero attached hydrogens (tertiary/aromatic N) is 4. The molecule has 39 heavy (non-hydrogen) atoms. The van der Waals surface area contributed by atoms with E-state index in [1.54, 1.807) is 17.9 Å². The summed E-state index contributed by atoms with van der Waals surface area (Å²) in [4.78, 5) is 33.5. The normalized spacial score (nSPS) is 18.4. The van der Waals surface area contributed by atoms with Crippen molar-refractivity contribution in [1.29, 1.82) is 0 Å². The molecule has 1 atom stereocenters. The van der Waals surface area contributed by atoms with Crippen LogP contribution in [-0.4, -0.2) is 86.6 Å². The quantitative estimate of drug-likeness (QED) is 0.404. The van der Waals surface area contributed by atoms with Gasteiger partial charge in [0.05, 0.1) is 33.9 Å². The van der Waals surface area contributed by atoms with E-state index in [0.717, 1.165) is 17.5 Å². The van der Waals surface area contributed by atoms with Crippen LogP contribution in [0.3, 0.4) is 0 Å². The van der Waals surface area contributed by atoms with E-state index in [-0.39, 0.29) is 49.7 Å². The zero-order valence-corrected chi connectivity index (χ0v) is 23.8. The predicted octanol–water partition coefficient (Wildman–Crippen LogP) is 4.24. The van der Waals surface area contributed by atoms with Crippen molar-refractivity contribution in [2.75, 3.05) is 50.8 Å². The number of sulfonamides is 1. The van der Waals surface area contributed by atoms with Crippen molar-refractivity contribution in [2.24, 2.45) is 0 Å². The molecule has 2 fully saturated rings. The third-order valence-electron chi connectivity index (χ3n) is 6.75. The van der Waals surface area contributed by atoms with Crippen molar-refractivity contribution in [2.45, 2.75) is 30.8 Å². The summed E-state index contributed by atoms with van der Waals surface area (Å²) in [6.07, 6.45) is 1.22. The second kappa shape index (κ2) is 11.8. The van der Waals surface area contributed by atoms with Gasteiger partial charge in [-0.05, 0) is 56.2 Å². The molecule has 13 heteroatoms. The van der Waals surface area contributed by atoms with Crippen LogP contribution in [0, 0.1) is 0 Å². The van der Waals surface area contributed by atoms with Crippen LogP contribution in [-0.2, 0) is 19.5 Å². The molecule has 5 rings (SSSR count). The Labute approximate surface area is 236 Å². The molecule has 2 amide bonds. The van der Waals surface area contributed by atoms with E-state index in [2.05, 4.69) is 4.98 Å². The molecule has 2 aromatic carbocycles. The Hall–Kier alpha value is -2.77. The maximum atomic E-state index is 13.7. The lowest BCUT2D eigenvalue weighted by atomic mass is 10.2. The standard InChI is InChI=1S/C26H29ClN4O6S2/c1-2-36-26(33)29-12-14-30(15-13-29)39(34,35)20-10-8-18(9-11-20)24(32)31(17-19-5-4-16-37-19)25-28-23-21(27)6-3-7-22(23)38-25/h3,6-11,19H,2,4-5,12-17H2,1H3. The van der Waals surface area contributed by atoms with Gasteiger partial charge in [0.25, 0.3) is 5.91 Å². The maximum Gasteiger partial charge on any atom is 0.409 e. The Bertz CT molecular complexity index is 1450. The van der Waals surface area contributed by atoms with Crippen molar-refractivity contribution in [3.63, 3.8) is 0 Å². The van der Waals surface area contributed by atoms with E-state index >= 15 is 0 Å². The summed E-state index contributed by atoms with van der Waals surface area (Å²) >= 11 is 7.71. The smallest absolute Gasteiger partial charge is 0.409 e. The highest BCUT2D eigenvalue weighted by Gasteiger charge is 2.32. The highest BCUT2D eigenvalue weighted by molar-refractivity contribution is 7.89. The second-order valence-corrected chi connectivity index (χ2v) is 12.6. The van der Waals surface area contributed by atoms with Gasteiger partial charge in [-0.2, -0.15) is 4.31 Å². The first-order valence-corrected chi connectivity index (χ1v) is 15.4. The third-order valence-corrected chi connectivity index (χ3v) is 10.0. The van der Waals surface area contributed by atoms with Gasteiger partial charge in [0.2, 0.25) is 10.0 Å². The van der Waals surface area contributed by atoms with Crippen LogP contribution < -0.4 is 4.90 Å². The lowest BCUT2D eigenvalue weighted by molar-refractivity contribution is 0.0916. The number of rotatable bonds is 7. The van der Waals surface area contributed by atoms with Crippen molar-refractivity contribution >= 4 is 60.3 Å². The Balaban J connectivity index is 1.35. The largest absolute Gasteiger partial charge is 0.450 e. The Morgan fingerprint density at radius 1 is 1.15 bits per heavy atom. The van der Waals surface area contributed by atoms with Crippen molar-refractivity contribution in [3.05, 3.63) is 53.1 Å². The zero-order valence-electron chi connectivity index (χ0n) is 21.4. The summed E-state index contributed by atoms with van der Waals surface area (Å²) < 4.78 is 39.5. The Morgan fingerprint density at radius 3 is 2.54 bits per heavy atom. The molecule has 10 nitrogen and oxygen atoms in total. The first-order chi connectivity index (χ1) is 18.8. The van der Waals surface area contributed by atoms with Crippen LogP contribution in [0.1, 0.15) is 30.1 Å². The SMILES string of the molecule is CCOC(=O)N1CCN(S(=O)(=O)c2ccc(C(=O)N(CC3CCCO3)c3nc4c(Cl)cccc4s3)cc2)CC1. The van der Waals surface area contributed by atoms with E-state index in [1.165, 1.54) is 44.8 Å². The molecule has 0 spiro atoms. The summed E-state index contributed by atoms with van der Waals surface area (Å²) in [5.41, 5.74) is 0.971. The molecule has 1 unspecified atom stereocenters. The van der Waals surface area contributed by atoms with Gasteiger partial charge in [-0.3, -0.25) is 9.69 Å². The molecule has 3 aromatic rings. The molecule has 208 valence electrons. The number of thiazole rings is 1. The van der Waals surface area contributed by atoms with Crippen molar-refractivity contribution in [3.8, 4) is 0 Å². The lowest BCUT2D eigenvalue weighted by Crippen LogP contribution is -2.50. The number of para-hydroxylation sites is 1. The first-order valence-electron chi connectivity index (χ1n) is 12.8. The van der Waals surface area contributed by atoms with Crippen LogP contribution >= 0.6 is 22.9 Å². The lowest BCUT2D eigenvalue weighted by Gasteiger charge is -2.33. The average molecular weight is 593 g/mol. The molecule has 0 bridgehead atoms. The highest BCUT2D eigenvalue weighted by atomic mass is 35.5. The molecule has 2 aliphatic heterocycles. The molecule has 0 N–H and O–H groups in total. The molecular weight excluding hydrogens is 564 g/mol. The van der Waals surface area contributed by atoms with Gasteiger partial charge < -0.3 is 14.4 Å². The molecule has 1 aromatic heterocycles. The highest BCUT2D eigenvalue weighted by Crippen LogP contribution is 2.34. The number of amides is 2. The van der Waals surface area contributed by atoms with Crippen LogP contribution in [0.2, 0.25) is 5.02 Å². The fourth-order valence-corrected chi connectivity index (χ4v) is 7.35. The minimum atomic E-state index is -3.79. The summed E-state index contributed by atoms with van der Waals surface area (Å²) in [5, 5.41) is 1.02. The Kier molecular flexibility index (Phi) is 8.38. The van der Waals surface area contributed by atoms with E-state index in [0.29, 0.717) is 34.4 Å². The van der Waals surface area contributed by atoms with E-state index in [9.17, 15) is 18.0 Å². The third kappa shape index (κ3) is 5.90. The van der Waals surface area contributed by atoms with Gasteiger partial charge in [0.15, 0.2) is 5.13 Å². The molecule has 0 radical (unpaired) electrons. The number of fused-ring (bicyclic) bond motifs is 1. The number of carbonyl (C=O) groups excluding carboxylic acids is 2. The van der Waals surface area contributed by atoms with Gasteiger partial charge >= 0.3 is 6.09 Å². The predicted molar refractivity (Wildman–Crippen MR) is 149 cm³/mol. The van der Waals surface area contributed by atoms with Crippen LogP contribution in [0.15, 0.2) is 47.4 Å². The molecule has 2 saturated heterocycles. The number of benzene rings is 2. The summed E-state index contributed by atoms with van der Waals surface area (Å²) in [6, 6.07) is 11.4. The van der Waals surface area contributed by atoms with Gasteiger partial charge in [-0.15, -0.1) is 0 Å². The topological polar surface area (TPSA) is 109 Å². The number of anilines is 1. The maximum absolute atomic E-state index is 13.7. The number of hydrogen-bond donors (Lipinski definition) is 0. The number of halogens is 1. The van der Waals surface area contributed by atoms with Gasteiger partial charge in [0, 0.05) is 38.3 Å². The first kappa shape index (κ1) is 27.8. The second-order valence-electron chi connectivity index (χ2n) is 9.25. The molecule has 2 aliphatic rings. The van der Waals surface area contributed by atoms with Crippen LogP contribution in [0.25, 0.3) is 10.2 Å². The van der Waals surface area contributed by atoms with E-state index in [4.69, 9.17) is 21.1 Å². The number of piperazine rings is 1. The number of ether oxygens (including phenoxy) is 2. The van der Waals surface area contributed by atoms with Crippen LogP contribution in [0.4, 0.5) is 9.93 Å². The average Bonchev–Trinajstić information content (AvgIpc) is 3.62. The van der Waals surface area contributed by atoms with Gasteiger partial charge in [-0.25, -0.2) is 18.2 Å². The summed E-state index contributed by atoms with van der Waals surface area (Å²) in [7, 11) is -3.79. The summed E-state index contributed by atoms with van der Waals surface area (Å²) in [6.45, 7) is 3.80. The van der Waals surface area contributed by atoms with Crippen molar-refractivity contribution in [1.82, 2.24) is 14.2 Å². The van der Waals surface area contributed by atoms with E-state index < -0.39 is 16.1 Å². The molecule has 0 saturated carbocycles. The Morgan fingerprint density at radius 2 is 1.90 bits per heavy atom. The van der Waals surface area contributed by atoms with Crippen molar-refractivity contribution < 1.29 is 27.5 Å². The van der Waals surface area contributed by atoms with Gasteiger partial charge in [-0.1, -0.05) is 29.0 Å². The molecular formula is C26H29ClN4O6S2. The summed E-state index contributed by atoms with van der Waals surface area (Å²) in [5.74, 6) is -0.298. The molecule has 0 aliphatic carbocycles. The fraction of sp³-hybridized carbons (Fsp3) is 0.423. The monoisotopic (exact) mass is 592 g/mol. The minimum Gasteiger partial charge on any atom is -0.450 e. The van der Waals surface area contributed by atoms with Crippen LogP contribution in [0.5, 0.6) is 0 Å².